The van der Waals surface area contributed by atoms with Crippen LogP contribution in [0, 0.1) is 5.82 Å². The van der Waals surface area contributed by atoms with Gasteiger partial charge < -0.3 is 5.73 Å². The van der Waals surface area contributed by atoms with Crippen molar-refractivity contribution < 1.29 is 8.60 Å². The van der Waals surface area contributed by atoms with Crippen LogP contribution in [0.4, 0.5) is 10.1 Å². The molecule has 2 nitrogen and oxygen atoms in total. The number of hydrogen-bond acceptors (Lipinski definition) is 2. The molecule has 18 heavy (non-hydrogen) atoms. The number of anilines is 1. The van der Waals surface area contributed by atoms with Crippen molar-refractivity contribution in [2.24, 2.45) is 0 Å². The number of benzene rings is 2. The minimum Gasteiger partial charge on any atom is -0.398 e. The summed E-state index contributed by atoms with van der Waals surface area (Å²) in [6.07, 6.45) is 0. The maximum absolute atomic E-state index is 12.9. The Kier molecular flexibility index (Phi) is 4.14. The highest BCUT2D eigenvalue weighted by Crippen LogP contribution is 2.21. The van der Waals surface area contributed by atoms with E-state index in [1.54, 1.807) is 0 Å². The van der Waals surface area contributed by atoms with Crippen LogP contribution in [-0.4, -0.2) is 4.21 Å². The lowest BCUT2D eigenvalue weighted by Crippen LogP contribution is -2.01. The van der Waals surface area contributed by atoms with Gasteiger partial charge in [0.25, 0.3) is 0 Å². The third kappa shape index (κ3) is 3.17. The van der Waals surface area contributed by atoms with Crippen LogP contribution in [0.5, 0.6) is 0 Å². The Morgan fingerprint density at radius 3 is 2.44 bits per heavy atom. The predicted octanol–water partition coefficient (Wildman–Crippen LogP) is 3.48. The normalized spacial score (nSPS) is 12.3. The molecule has 0 saturated carbocycles. The van der Waals surface area contributed by atoms with Crippen LogP contribution >= 0.6 is 15.9 Å². The summed E-state index contributed by atoms with van der Waals surface area (Å²) >= 11 is 3.34. The highest BCUT2D eigenvalue weighted by atomic mass is 79.9. The smallest absolute Gasteiger partial charge is 0.125 e. The Morgan fingerprint density at radius 1 is 1.17 bits per heavy atom. The first-order valence-electron chi connectivity index (χ1n) is 5.24. The lowest BCUT2D eigenvalue weighted by Gasteiger charge is -2.06. The van der Waals surface area contributed by atoms with Gasteiger partial charge in [-0.15, -0.1) is 0 Å². The maximum Gasteiger partial charge on any atom is 0.125 e. The van der Waals surface area contributed by atoms with Crippen molar-refractivity contribution in [1.82, 2.24) is 0 Å². The van der Waals surface area contributed by atoms with E-state index < -0.39 is 16.6 Å². The van der Waals surface area contributed by atoms with Crippen molar-refractivity contribution >= 4 is 32.4 Å². The van der Waals surface area contributed by atoms with E-state index in [-0.39, 0.29) is 5.69 Å². The van der Waals surface area contributed by atoms with Crippen molar-refractivity contribution in [2.75, 3.05) is 5.73 Å². The van der Waals surface area contributed by atoms with Gasteiger partial charge in [0.2, 0.25) is 0 Å². The fraction of sp³-hybridized carbons (Fsp3) is 0.0769. The molecule has 2 N–H and O–H groups in total. The molecule has 1 atom stereocenters. The molecule has 0 amide bonds. The number of hydrogen-bond donors (Lipinski definition) is 1. The SMILES string of the molecule is Nc1cc(F)ccc1S(=O)Cc1ccc(Br)cc1. The molecule has 94 valence electrons. The minimum absolute atomic E-state index is 0.227. The number of halogens is 2. The van der Waals surface area contributed by atoms with Crippen molar-refractivity contribution in [3.8, 4) is 0 Å². The highest BCUT2D eigenvalue weighted by molar-refractivity contribution is 9.10. The molecule has 2 aromatic carbocycles. The van der Waals surface area contributed by atoms with E-state index in [0.717, 1.165) is 10.0 Å². The quantitative estimate of drug-likeness (QED) is 0.877. The largest absolute Gasteiger partial charge is 0.398 e. The van der Waals surface area contributed by atoms with Gasteiger partial charge in [-0.1, -0.05) is 28.1 Å². The van der Waals surface area contributed by atoms with Crippen molar-refractivity contribution in [3.63, 3.8) is 0 Å². The van der Waals surface area contributed by atoms with E-state index in [0.29, 0.717) is 10.6 Å². The second-order valence-corrected chi connectivity index (χ2v) is 6.13. The van der Waals surface area contributed by atoms with Crippen LogP contribution in [-0.2, 0) is 16.6 Å². The van der Waals surface area contributed by atoms with Gasteiger partial charge in [-0.25, -0.2) is 4.39 Å². The molecule has 0 aromatic heterocycles. The fourth-order valence-corrected chi connectivity index (χ4v) is 2.99. The topological polar surface area (TPSA) is 43.1 Å². The van der Waals surface area contributed by atoms with E-state index in [1.807, 2.05) is 24.3 Å². The molecular weight excluding hydrogens is 317 g/mol. The number of nitrogens with two attached hydrogens (primary N) is 1. The second kappa shape index (κ2) is 5.63. The molecule has 0 radical (unpaired) electrons. The maximum atomic E-state index is 12.9. The molecule has 1 unspecified atom stereocenters. The zero-order valence-corrected chi connectivity index (χ0v) is 11.8. The zero-order valence-electron chi connectivity index (χ0n) is 9.40. The van der Waals surface area contributed by atoms with Crippen LogP contribution in [0.25, 0.3) is 0 Å². The first-order chi connectivity index (χ1) is 8.56. The van der Waals surface area contributed by atoms with Gasteiger partial charge in [0.15, 0.2) is 0 Å². The molecule has 2 rings (SSSR count). The Hall–Kier alpha value is -1.20. The van der Waals surface area contributed by atoms with E-state index in [2.05, 4.69) is 15.9 Å². The molecule has 0 fully saturated rings. The average Bonchev–Trinajstić information content (AvgIpc) is 2.32. The van der Waals surface area contributed by atoms with Gasteiger partial charge in [-0.2, -0.15) is 0 Å². The monoisotopic (exact) mass is 327 g/mol. The van der Waals surface area contributed by atoms with Crippen molar-refractivity contribution in [1.29, 1.82) is 0 Å². The van der Waals surface area contributed by atoms with Crippen LogP contribution in [0.3, 0.4) is 0 Å². The van der Waals surface area contributed by atoms with Crippen LogP contribution < -0.4 is 5.73 Å². The molecule has 0 aliphatic rings. The first-order valence-corrected chi connectivity index (χ1v) is 7.35. The zero-order chi connectivity index (χ0) is 13.1. The molecule has 0 spiro atoms. The van der Waals surface area contributed by atoms with Gasteiger partial charge in [0, 0.05) is 4.47 Å². The number of rotatable bonds is 3. The fourth-order valence-electron chi connectivity index (χ4n) is 1.54. The van der Waals surface area contributed by atoms with Gasteiger partial charge in [0.1, 0.15) is 5.82 Å². The van der Waals surface area contributed by atoms with E-state index in [4.69, 9.17) is 5.73 Å². The Bertz CT molecular complexity index is 586. The minimum atomic E-state index is -1.27. The highest BCUT2D eigenvalue weighted by Gasteiger charge is 2.09. The Labute approximate surface area is 116 Å². The first kappa shape index (κ1) is 13.2. The van der Waals surface area contributed by atoms with Crippen LogP contribution in [0.2, 0.25) is 0 Å². The molecule has 0 aliphatic heterocycles. The summed E-state index contributed by atoms with van der Waals surface area (Å²) in [5, 5.41) is 0. The summed E-state index contributed by atoms with van der Waals surface area (Å²) in [4.78, 5) is 0.472. The second-order valence-electron chi connectivity index (χ2n) is 3.80. The summed E-state index contributed by atoms with van der Waals surface area (Å²) in [7, 11) is -1.27. The van der Waals surface area contributed by atoms with Gasteiger partial charge in [0.05, 0.1) is 27.1 Å². The molecule has 2 aromatic rings. The summed E-state index contributed by atoms with van der Waals surface area (Å²) in [5.74, 6) is -0.0553. The average molecular weight is 328 g/mol. The van der Waals surface area contributed by atoms with E-state index in [1.165, 1.54) is 18.2 Å². The molecule has 0 heterocycles. The lowest BCUT2D eigenvalue weighted by molar-refractivity contribution is 0.627. The summed E-state index contributed by atoms with van der Waals surface area (Å²) in [6.45, 7) is 0. The Morgan fingerprint density at radius 2 is 1.83 bits per heavy atom. The van der Waals surface area contributed by atoms with Crippen LogP contribution in [0.1, 0.15) is 5.56 Å². The molecule has 0 bridgehead atoms. The van der Waals surface area contributed by atoms with E-state index in [9.17, 15) is 8.60 Å². The van der Waals surface area contributed by atoms with Crippen molar-refractivity contribution in [3.05, 3.63) is 58.3 Å². The lowest BCUT2D eigenvalue weighted by atomic mass is 10.2. The van der Waals surface area contributed by atoms with Gasteiger partial charge in [-0.05, 0) is 35.9 Å². The molecule has 0 aliphatic carbocycles. The molecule has 5 heteroatoms. The number of nitrogen functional groups attached to an aromatic ring is 1. The standard InChI is InChI=1S/C13H11BrFNOS/c14-10-3-1-9(2-4-10)8-18(17)13-6-5-11(15)7-12(13)16/h1-7H,8,16H2. The van der Waals surface area contributed by atoms with Crippen molar-refractivity contribution in [2.45, 2.75) is 10.6 Å². The van der Waals surface area contributed by atoms with Crippen LogP contribution in [0.15, 0.2) is 51.8 Å². The summed E-state index contributed by atoms with van der Waals surface area (Å²) < 4.78 is 26.0. The molecule has 0 saturated heterocycles. The van der Waals surface area contributed by atoms with Gasteiger partial charge >= 0.3 is 0 Å². The summed E-state index contributed by atoms with van der Waals surface area (Å²) in [6, 6.07) is 11.5. The third-order valence-corrected chi connectivity index (χ3v) is 4.41. The predicted molar refractivity (Wildman–Crippen MR) is 75.1 cm³/mol. The summed E-state index contributed by atoms with van der Waals surface area (Å²) in [5.41, 5.74) is 6.83. The van der Waals surface area contributed by atoms with E-state index >= 15 is 0 Å². The Balaban J connectivity index is 2.19. The van der Waals surface area contributed by atoms with Gasteiger partial charge in [-0.3, -0.25) is 4.21 Å². The third-order valence-electron chi connectivity index (χ3n) is 2.43. The molecular formula is C13H11BrFNOS.